The van der Waals surface area contributed by atoms with Gasteiger partial charge in [-0.15, -0.1) is 0 Å². The highest BCUT2D eigenvalue weighted by Gasteiger charge is 2.46. The van der Waals surface area contributed by atoms with Gasteiger partial charge in [-0.05, 0) is 71.4 Å². The summed E-state index contributed by atoms with van der Waals surface area (Å²) >= 11 is 12.2. The van der Waals surface area contributed by atoms with Crippen LogP contribution in [0.4, 0.5) is 17.6 Å². The van der Waals surface area contributed by atoms with Crippen molar-refractivity contribution in [3.63, 3.8) is 0 Å². The van der Waals surface area contributed by atoms with Crippen molar-refractivity contribution >= 4 is 40.9 Å². The molecule has 0 unspecified atom stereocenters. The highest BCUT2D eigenvalue weighted by Crippen LogP contribution is 2.43. The number of aromatic nitrogens is 2. The molecule has 1 amide bonds. The fourth-order valence-electron chi connectivity index (χ4n) is 6.05. The van der Waals surface area contributed by atoms with Crippen LogP contribution in [0.5, 0.6) is 0 Å². The van der Waals surface area contributed by atoms with Crippen molar-refractivity contribution in [3.05, 3.63) is 51.0 Å². The van der Waals surface area contributed by atoms with Crippen molar-refractivity contribution in [1.82, 2.24) is 19.6 Å². The van der Waals surface area contributed by atoms with Gasteiger partial charge in [0.2, 0.25) is 0 Å². The number of carbonyl (C=O) groups is 3. The highest BCUT2D eigenvalue weighted by molar-refractivity contribution is 6.40. The van der Waals surface area contributed by atoms with Gasteiger partial charge >= 0.3 is 12.1 Å². The molecule has 8 nitrogen and oxygen atoms in total. The molecule has 1 aromatic carbocycles. The van der Waals surface area contributed by atoms with Gasteiger partial charge in [0.15, 0.2) is 11.5 Å². The van der Waals surface area contributed by atoms with Crippen LogP contribution in [0.25, 0.3) is 0 Å². The Balaban J connectivity index is 1.70. The van der Waals surface area contributed by atoms with Crippen LogP contribution >= 0.6 is 23.2 Å². The van der Waals surface area contributed by atoms with Crippen LogP contribution in [0, 0.1) is 11.2 Å². The first-order valence-corrected chi connectivity index (χ1v) is 14.9. The first kappa shape index (κ1) is 33.2. The van der Waals surface area contributed by atoms with E-state index in [2.05, 4.69) is 10.00 Å². The Hall–Kier alpha value is -2.70. The smallest absolute Gasteiger partial charge is 0.433 e. The Kier molecular flexibility index (Phi) is 9.83. The van der Waals surface area contributed by atoms with E-state index in [4.69, 9.17) is 23.2 Å². The molecule has 1 saturated heterocycles. The van der Waals surface area contributed by atoms with Gasteiger partial charge in [0.1, 0.15) is 5.82 Å². The van der Waals surface area contributed by atoms with Gasteiger partial charge in [-0.1, -0.05) is 23.2 Å². The normalized spacial score (nSPS) is 22.1. The predicted molar refractivity (Wildman–Crippen MR) is 152 cm³/mol. The van der Waals surface area contributed by atoms with E-state index in [1.54, 1.807) is 6.92 Å². The predicted octanol–water partition coefficient (Wildman–Crippen LogP) is 6.75. The number of aliphatic carboxylic acids is 1. The molecule has 1 N–H and O–H groups in total. The standard InChI is InChI=1S/C29H34Cl2F4N4O4/c1-16(2)37-10-6-18(7-11-37)38(15-23(40)24-21(30)12-17(32)13-22(24)31)26(41)20-14-36-39(25(20)29(33,34)35)19-4-8-28(3,9-5-19)27(42)43/h12-14,16,18-19H,4-11,15H2,1-3H3,(H,42,43)/t19-,28-. The first-order valence-electron chi connectivity index (χ1n) is 14.1. The molecule has 2 aromatic rings. The van der Waals surface area contributed by atoms with Crippen molar-refractivity contribution in [2.24, 2.45) is 5.41 Å². The molecule has 0 bridgehead atoms. The molecule has 2 fully saturated rings. The maximum absolute atomic E-state index is 14.6. The number of likely N-dealkylation sites (tertiary alicyclic amines) is 1. The van der Waals surface area contributed by atoms with E-state index < -0.39 is 65.0 Å². The third kappa shape index (κ3) is 7.01. The number of benzene rings is 1. The van der Waals surface area contributed by atoms with Crippen LogP contribution < -0.4 is 0 Å². The Morgan fingerprint density at radius 1 is 1.09 bits per heavy atom. The molecule has 1 aromatic heterocycles. The number of hydrogen-bond donors (Lipinski definition) is 1. The summed E-state index contributed by atoms with van der Waals surface area (Å²) in [5.41, 5.74) is -3.21. The molecule has 1 aliphatic heterocycles. The summed E-state index contributed by atoms with van der Waals surface area (Å²) in [7, 11) is 0. The summed E-state index contributed by atoms with van der Waals surface area (Å²) in [5.74, 6) is -3.54. The molecule has 0 spiro atoms. The maximum Gasteiger partial charge on any atom is 0.433 e. The Labute approximate surface area is 256 Å². The third-order valence-corrected chi connectivity index (χ3v) is 9.34. The minimum Gasteiger partial charge on any atom is -0.481 e. The molecule has 2 heterocycles. The van der Waals surface area contributed by atoms with Crippen LogP contribution in [0.15, 0.2) is 18.3 Å². The van der Waals surface area contributed by atoms with Crippen molar-refractivity contribution in [2.75, 3.05) is 19.6 Å². The van der Waals surface area contributed by atoms with E-state index in [-0.39, 0.29) is 47.3 Å². The van der Waals surface area contributed by atoms with Crippen molar-refractivity contribution in [2.45, 2.75) is 83.6 Å². The number of ketones is 1. The number of hydrogen-bond acceptors (Lipinski definition) is 5. The summed E-state index contributed by atoms with van der Waals surface area (Å²) in [5, 5.41) is 13.0. The fraction of sp³-hybridized carbons (Fsp3) is 0.586. The molecule has 0 radical (unpaired) electrons. The number of alkyl halides is 3. The second kappa shape index (κ2) is 12.7. The lowest BCUT2D eigenvalue weighted by molar-refractivity contribution is -0.152. The summed E-state index contributed by atoms with van der Waals surface area (Å²) in [6, 6.07) is 0.696. The van der Waals surface area contributed by atoms with E-state index >= 15 is 0 Å². The van der Waals surface area contributed by atoms with Crippen molar-refractivity contribution in [3.8, 4) is 0 Å². The van der Waals surface area contributed by atoms with Gasteiger partial charge in [0.05, 0.1) is 45.4 Å². The minimum absolute atomic E-state index is 0.138. The number of carboxylic acids is 1. The molecule has 14 heteroatoms. The van der Waals surface area contributed by atoms with Gasteiger partial charge in [0, 0.05) is 25.2 Å². The lowest BCUT2D eigenvalue weighted by atomic mass is 9.74. The lowest BCUT2D eigenvalue weighted by Gasteiger charge is -2.40. The zero-order valence-corrected chi connectivity index (χ0v) is 25.6. The molecule has 1 saturated carbocycles. The highest BCUT2D eigenvalue weighted by atomic mass is 35.5. The largest absolute Gasteiger partial charge is 0.481 e. The van der Waals surface area contributed by atoms with E-state index in [1.165, 1.54) is 0 Å². The number of rotatable bonds is 8. The molecular weight excluding hydrogens is 615 g/mol. The van der Waals surface area contributed by atoms with Gasteiger partial charge < -0.3 is 14.9 Å². The first-order chi connectivity index (χ1) is 20.0. The van der Waals surface area contributed by atoms with Gasteiger partial charge in [-0.25, -0.2) is 4.39 Å². The Morgan fingerprint density at radius 3 is 2.14 bits per heavy atom. The number of carbonyl (C=O) groups excluding carboxylic acids is 2. The van der Waals surface area contributed by atoms with Gasteiger partial charge in [0.25, 0.3) is 5.91 Å². The van der Waals surface area contributed by atoms with E-state index in [0.717, 1.165) is 27.9 Å². The van der Waals surface area contributed by atoms with Crippen LogP contribution in [0.2, 0.25) is 10.0 Å². The molecular formula is C29H34Cl2F4N4O4. The molecule has 236 valence electrons. The molecule has 1 aliphatic carbocycles. The molecule has 0 atom stereocenters. The summed E-state index contributed by atoms with van der Waals surface area (Å²) in [4.78, 5) is 42.4. The third-order valence-electron chi connectivity index (χ3n) is 8.75. The van der Waals surface area contributed by atoms with E-state index in [9.17, 15) is 37.1 Å². The van der Waals surface area contributed by atoms with E-state index in [0.29, 0.717) is 25.9 Å². The maximum atomic E-state index is 14.6. The summed E-state index contributed by atoms with van der Waals surface area (Å²) in [6.07, 6.45) is -2.69. The lowest BCUT2D eigenvalue weighted by Crippen LogP contribution is -2.50. The van der Waals surface area contributed by atoms with Gasteiger partial charge in [-0.2, -0.15) is 18.3 Å². The van der Waals surface area contributed by atoms with Crippen molar-refractivity contribution < 1.29 is 37.1 Å². The van der Waals surface area contributed by atoms with E-state index in [1.807, 2.05) is 13.8 Å². The van der Waals surface area contributed by atoms with Crippen LogP contribution in [0.1, 0.15) is 91.7 Å². The second-order valence-electron chi connectivity index (χ2n) is 11.9. The number of piperidine rings is 1. The zero-order chi connectivity index (χ0) is 31.9. The number of nitrogens with zero attached hydrogens (tertiary/aromatic N) is 4. The average Bonchev–Trinajstić information content (AvgIpc) is 3.37. The second-order valence-corrected chi connectivity index (χ2v) is 12.7. The molecule has 4 rings (SSSR count). The molecule has 43 heavy (non-hydrogen) atoms. The zero-order valence-electron chi connectivity index (χ0n) is 24.1. The summed E-state index contributed by atoms with van der Waals surface area (Å²) in [6.45, 7) is 6.09. The number of amides is 1. The summed E-state index contributed by atoms with van der Waals surface area (Å²) < 4.78 is 58.3. The minimum atomic E-state index is -4.96. The van der Waals surface area contributed by atoms with Crippen LogP contribution in [-0.2, 0) is 11.0 Å². The quantitative estimate of drug-likeness (QED) is 0.251. The van der Waals surface area contributed by atoms with Gasteiger partial charge in [-0.3, -0.25) is 19.1 Å². The van der Waals surface area contributed by atoms with Crippen molar-refractivity contribution in [1.29, 1.82) is 0 Å². The van der Waals surface area contributed by atoms with Crippen LogP contribution in [-0.4, -0.2) is 74.1 Å². The monoisotopic (exact) mass is 648 g/mol. The Morgan fingerprint density at radius 2 is 1.65 bits per heavy atom. The molecule has 2 aliphatic rings. The number of Topliss-reactive ketones (excluding diaryl/α,β-unsaturated/α-hetero) is 1. The number of halogens is 6. The topological polar surface area (TPSA) is 95.7 Å². The average molecular weight is 650 g/mol. The van der Waals surface area contributed by atoms with Crippen LogP contribution in [0.3, 0.4) is 0 Å². The number of carboxylic acid groups (broad SMARTS) is 1. The SMILES string of the molecule is CC(C)N1CCC(N(CC(=O)c2c(Cl)cc(F)cc2Cl)C(=O)c2cnn([C@H]3CC[C@](C)(C(=O)O)CC3)c2C(F)(F)F)CC1. The fourth-order valence-corrected chi connectivity index (χ4v) is 6.73. The Bertz CT molecular complexity index is 1360.